The van der Waals surface area contributed by atoms with E-state index in [0.717, 1.165) is 40.0 Å². The van der Waals surface area contributed by atoms with E-state index >= 15 is 0 Å². The maximum absolute atomic E-state index is 12.4. The van der Waals surface area contributed by atoms with Crippen LogP contribution in [-0.2, 0) is 18.3 Å². The van der Waals surface area contributed by atoms with Gasteiger partial charge in [-0.2, -0.15) is 0 Å². The van der Waals surface area contributed by atoms with Gasteiger partial charge in [0, 0.05) is 30.1 Å². The van der Waals surface area contributed by atoms with Crippen molar-refractivity contribution < 1.29 is 4.79 Å². The number of carbonyl (C=O) groups excluding carboxylic acids is 1. The van der Waals surface area contributed by atoms with Gasteiger partial charge in [0.25, 0.3) is 0 Å². The normalized spacial score (nSPS) is 11.0. The van der Waals surface area contributed by atoms with Gasteiger partial charge in [0.15, 0.2) is 11.0 Å². The summed E-state index contributed by atoms with van der Waals surface area (Å²) in [6.45, 7) is 0.610. The summed E-state index contributed by atoms with van der Waals surface area (Å²) in [5.74, 6) is 1.01. The molecule has 174 valence electrons. The molecule has 0 atom stereocenters. The van der Waals surface area contributed by atoms with Crippen molar-refractivity contribution >= 4 is 28.6 Å². The Morgan fingerprint density at radius 1 is 0.914 bits per heavy atom. The molecule has 0 radical (unpaired) electrons. The predicted octanol–water partition coefficient (Wildman–Crippen LogP) is 5.15. The number of fused-ring (bicyclic) bond motifs is 1. The van der Waals surface area contributed by atoms with Crippen LogP contribution in [0.4, 0.5) is 0 Å². The Morgan fingerprint density at radius 3 is 2.43 bits per heavy atom. The highest BCUT2D eigenvalue weighted by Crippen LogP contribution is 2.32. The number of nitrogens with one attached hydrogen (secondary N) is 1. The molecule has 0 aliphatic rings. The lowest BCUT2D eigenvalue weighted by molar-refractivity contribution is -0.118. The zero-order chi connectivity index (χ0) is 24.0. The van der Waals surface area contributed by atoms with E-state index < -0.39 is 0 Å². The van der Waals surface area contributed by atoms with Crippen LogP contribution in [0.3, 0.4) is 0 Å². The predicted molar refractivity (Wildman–Crippen MR) is 141 cm³/mol. The number of hydrogen-bond donors (Lipinski definition) is 1. The highest BCUT2D eigenvalue weighted by molar-refractivity contribution is 7.99. The molecular weight excluding hydrogens is 454 g/mol. The maximum atomic E-state index is 12.4. The van der Waals surface area contributed by atoms with E-state index in [-0.39, 0.29) is 11.7 Å². The van der Waals surface area contributed by atoms with Crippen molar-refractivity contribution in [3.05, 3.63) is 96.6 Å². The van der Waals surface area contributed by atoms with Gasteiger partial charge in [-0.15, -0.1) is 10.2 Å². The fraction of sp³-hybridized carbons (Fsp3) is 0.143. The molecule has 6 nitrogen and oxygen atoms in total. The lowest BCUT2D eigenvalue weighted by Crippen LogP contribution is -2.27. The number of pyridine rings is 1. The second-order valence-electron chi connectivity index (χ2n) is 8.18. The molecule has 0 fully saturated rings. The Balaban J connectivity index is 1.33. The number of nitrogens with zero attached hydrogens (tertiary/aromatic N) is 4. The first-order valence-corrected chi connectivity index (χ1v) is 12.5. The van der Waals surface area contributed by atoms with Crippen LogP contribution in [0, 0.1) is 0 Å². The molecule has 0 saturated heterocycles. The standard InChI is InChI=1S/C28H25N5OS/c1-33-27(31-32-28(33)35-19-26(34)29-17-16-20-10-4-2-5-11-20)23-18-25(21-12-6-3-7-13-21)30-24-15-9-8-14-22(23)24/h2-15,18H,16-17,19H2,1H3,(H,29,34). The molecule has 5 aromatic rings. The number of carbonyl (C=O) groups is 1. The third-order valence-electron chi connectivity index (χ3n) is 5.77. The molecule has 7 heteroatoms. The van der Waals surface area contributed by atoms with E-state index in [9.17, 15) is 4.79 Å². The number of benzene rings is 3. The average Bonchev–Trinajstić information content (AvgIpc) is 3.27. The van der Waals surface area contributed by atoms with Crippen LogP contribution >= 0.6 is 11.8 Å². The maximum Gasteiger partial charge on any atom is 0.230 e. The molecule has 0 unspecified atom stereocenters. The number of para-hydroxylation sites is 1. The van der Waals surface area contributed by atoms with Gasteiger partial charge < -0.3 is 9.88 Å². The van der Waals surface area contributed by atoms with Crippen LogP contribution in [0.15, 0.2) is 96.2 Å². The van der Waals surface area contributed by atoms with Crippen LogP contribution in [0.25, 0.3) is 33.5 Å². The van der Waals surface area contributed by atoms with Crippen molar-refractivity contribution in [2.75, 3.05) is 12.3 Å². The molecule has 1 amide bonds. The lowest BCUT2D eigenvalue weighted by atomic mass is 10.0. The van der Waals surface area contributed by atoms with Crippen LogP contribution < -0.4 is 5.32 Å². The molecular formula is C28H25N5OS. The third-order valence-corrected chi connectivity index (χ3v) is 6.79. The van der Waals surface area contributed by atoms with Crippen LogP contribution in [0.5, 0.6) is 0 Å². The van der Waals surface area contributed by atoms with Crippen molar-refractivity contribution in [1.82, 2.24) is 25.1 Å². The van der Waals surface area contributed by atoms with Crippen LogP contribution in [0.2, 0.25) is 0 Å². The van der Waals surface area contributed by atoms with Gasteiger partial charge in [0.2, 0.25) is 5.91 Å². The highest BCUT2D eigenvalue weighted by Gasteiger charge is 2.17. The van der Waals surface area contributed by atoms with E-state index in [2.05, 4.69) is 45.8 Å². The molecule has 0 aliphatic heterocycles. The van der Waals surface area contributed by atoms with Gasteiger partial charge in [-0.3, -0.25) is 4.79 Å². The van der Waals surface area contributed by atoms with Crippen molar-refractivity contribution in [3.63, 3.8) is 0 Å². The first-order valence-electron chi connectivity index (χ1n) is 11.5. The quantitative estimate of drug-likeness (QED) is 0.312. The molecule has 35 heavy (non-hydrogen) atoms. The van der Waals surface area contributed by atoms with E-state index in [1.54, 1.807) is 0 Å². The zero-order valence-electron chi connectivity index (χ0n) is 19.4. The molecule has 0 saturated carbocycles. The van der Waals surface area contributed by atoms with Gasteiger partial charge in [-0.05, 0) is 24.1 Å². The van der Waals surface area contributed by atoms with E-state index in [0.29, 0.717) is 11.7 Å². The summed E-state index contributed by atoms with van der Waals surface area (Å²) in [6, 6.07) is 30.4. The van der Waals surface area contributed by atoms with Gasteiger partial charge in [0.05, 0.1) is 17.0 Å². The third kappa shape index (κ3) is 5.25. The number of aromatic nitrogens is 4. The lowest BCUT2D eigenvalue weighted by Gasteiger charge is -2.10. The summed E-state index contributed by atoms with van der Waals surface area (Å²) in [7, 11) is 1.93. The van der Waals surface area contributed by atoms with Crippen LogP contribution in [0.1, 0.15) is 5.56 Å². The molecule has 2 heterocycles. The molecule has 5 rings (SSSR count). The van der Waals surface area contributed by atoms with Gasteiger partial charge in [0.1, 0.15) is 0 Å². The van der Waals surface area contributed by atoms with Crippen molar-refractivity contribution in [2.24, 2.45) is 7.05 Å². The summed E-state index contributed by atoms with van der Waals surface area (Å²) < 4.78 is 1.94. The molecule has 0 spiro atoms. The molecule has 3 aromatic carbocycles. The first kappa shape index (κ1) is 22.8. The number of thioether (sulfide) groups is 1. The minimum atomic E-state index is -0.0174. The average molecular weight is 480 g/mol. The van der Waals surface area contributed by atoms with E-state index in [1.165, 1.54) is 17.3 Å². The number of hydrogen-bond acceptors (Lipinski definition) is 5. The van der Waals surface area contributed by atoms with Gasteiger partial charge >= 0.3 is 0 Å². The monoisotopic (exact) mass is 479 g/mol. The molecule has 0 bridgehead atoms. The summed E-state index contributed by atoms with van der Waals surface area (Å²) in [6.07, 6.45) is 0.810. The zero-order valence-corrected chi connectivity index (χ0v) is 20.2. The summed E-state index contributed by atoms with van der Waals surface area (Å²) in [5.41, 5.74) is 5.00. The van der Waals surface area contributed by atoms with E-state index in [1.807, 2.05) is 72.3 Å². The van der Waals surface area contributed by atoms with Crippen LogP contribution in [-0.4, -0.2) is 38.0 Å². The van der Waals surface area contributed by atoms with Gasteiger partial charge in [-0.1, -0.05) is 90.6 Å². The second-order valence-corrected chi connectivity index (χ2v) is 9.12. The summed E-state index contributed by atoms with van der Waals surface area (Å²) >= 11 is 1.38. The Kier molecular flexibility index (Phi) is 6.86. The summed E-state index contributed by atoms with van der Waals surface area (Å²) in [5, 5.41) is 13.6. The first-order chi connectivity index (χ1) is 17.2. The van der Waals surface area contributed by atoms with Crippen molar-refractivity contribution in [3.8, 4) is 22.6 Å². The Bertz CT molecular complexity index is 1450. The number of amides is 1. The van der Waals surface area contributed by atoms with Crippen molar-refractivity contribution in [1.29, 1.82) is 0 Å². The smallest absolute Gasteiger partial charge is 0.230 e. The summed E-state index contributed by atoms with van der Waals surface area (Å²) in [4.78, 5) is 17.2. The largest absolute Gasteiger partial charge is 0.355 e. The minimum absolute atomic E-state index is 0.0174. The minimum Gasteiger partial charge on any atom is -0.355 e. The molecule has 1 N–H and O–H groups in total. The molecule has 0 aliphatic carbocycles. The topological polar surface area (TPSA) is 72.7 Å². The van der Waals surface area contributed by atoms with E-state index in [4.69, 9.17) is 4.98 Å². The van der Waals surface area contributed by atoms with Gasteiger partial charge in [-0.25, -0.2) is 4.98 Å². The Labute approximate surface area is 208 Å². The highest BCUT2D eigenvalue weighted by atomic mass is 32.2. The Hall–Kier alpha value is -3.97. The fourth-order valence-corrected chi connectivity index (χ4v) is 4.71. The molecule has 2 aromatic heterocycles. The number of rotatable bonds is 8. The fourth-order valence-electron chi connectivity index (χ4n) is 3.96. The Morgan fingerprint density at radius 2 is 1.63 bits per heavy atom. The second kappa shape index (κ2) is 10.5. The van der Waals surface area contributed by atoms with Crippen molar-refractivity contribution in [2.45, 2.75) is 11.6 Å². The SMILES string of the molecule is Cn1c(SCC(=O)NCCc2ccccc2)nnc1-c1cc(-c2ccccc2)nc2ccccc12.